The van der Waals surface area contributed by atoms with Gasteiger partial charge in [-0.2, -0.15) is 13.2 Å². The van der Waals surface area contributed by atoms with E-state index >= 15 is 0 Å². The Morgan fingerprint density at radius 3 is 2.24 bits per heavy atom. The Hall–Kier alpha value is -1.76. The Morgan fingerprint density at radius 2 is 1.82 bits per heavy atom. The molecular weight excluding hydrogens is 261 g/mol. The van der Waals surface area contributed by atoms with Gasteiger partial charge >= 0.3 is 17.0 Å². The van der Waals surface area contributed by atoms with Crippen molar-refractivity contribution in [1.29, 1.82) is 0 Å². The van der Waals surface area contributed by atoms with Crippen molar-refractivity contribution in [3.8, 4) is 5.69 Å². The molecule has 2 rings (SSSR count). The number of aromatic nitrogens is 2. The van der Waals surface area contributed by atoms with Gasteiger partial charge in [0.15, 0.2) is 0 Å². The first kappa shape index (κ1) is 11.7. The second kappa shape index (κ2) is 3.92. The summed E-state index contributed by atoms with van der Waals surface area (Å²) in [5.41, 5.74) is -1.33. The van der Waals surface area contributed by atoms with Crippen molar-refractivity contribution in [1.82, 2.24) is 5.27 Å². The van der Waals surface area contributed by atoms with Gasteiger partial charge in [0.25, 0.3) is 0 Å². The third kappa shape index (κ3) is 2.19. The van der Waals surface area contributed by atoms with Crippen molar-refractivity contribution in [2.45, 2.75) is 6.18 Å². The molecule has 0 aliphatic heterocycles. The number of nitrogens with one attached hydrogen (secondary N) is 1. The van der Waals surface area contributed by atoms with Crippen LogP contribution in [0.4, 0.5) is 13.2 Å². The zero-order valence-electron chi connectivity index (χ0n) is 8.08. The minimum atomic E-state index is -4.41. The van der Waals surface area contributed by atoms with Crippen molar-refractivity contribution >= 4 is 11.6 Å². The highest BCUT2D eigenvalue weighted by atomic mass is 35.5. The Balaban J connectivity index is 2.43. The third-order valence-electron chi connectivity index (χ3n) is 2.05. The molecule has 0 unspecified atom stereocenters. The Kier molecular flexibility index (Phi) is 2.70. The fourth-order valence-electron chi connectivity index (χ4n) is 1.23. The van der Waals surface area contributed by atoms with E-state index in [2.05, 4.69) is 9.79 Å². The van der Waals surface area contributed by atoms with E-state index in [0.29, 0.717) is 0 Å². The van der Waals surface area contributed by atoms with E-state index in [1.165, 1.54) is 12.1 Å². The van der Waals surface area contributed by atoms with E-state index in [-0.39, 0.29) is 10.8 Å². The van der Waals surface area contributed by atoms with Crippen LogP contribution in [-0.2, 0) is 6.18 Å². The lowest BCUT2D eigenvalue weighted by Gasteiger charge is -2.04. The van der Waals surface area contributed by atoms with E-state index in [1.54, 1.807) is 0 Å². The molecule has 0 bridgehead atoms. The monoisotopic (exact) mass is 265 g/mol. The summed E-state index contributed by atoms with van der Waals surface area (Å²) in [6.07, 6.45) is -4.41. The first-order valence-corrected chi connectivity index (χ1v) is 4.74. The molecule has 1 aromatic carbocycles. The maximum Gasteiger partial charge on any atom is 0.447 e. The summed E-state index contributed by atoms with van der Waals surface area (Å²) >= 11 is 5.58. The minimum absolute atomic E-state index is 0.258. The van der Waals surface area contributed by atoms with Crippen LogP contribution in [0.25, 0.3) is 5.69 Å². The van der Waals surface area contributed by atoms with Crippen LogP contribution in [0.3, 0.4) is 0 Å². The van der Waals surface area contributed by atoms with E-state index in [9.17, 15) is 18.0 Å². The molecular formula is C9H5ClF3N2O2+. The lowest BCUT2D eigenvalue weighted by molar-refractivity contribution is -0.668. The summed E-state index contributed by atoms with van der Waals surface area (Å²) in [6.45, 7) is 0. The molecule has 17 heavy (non-hydrogen) atoms. The van der Waals surface area contributed by atoms with Gasteiger partial charge in [0.2, 0.25) is 5.69 Å². The van der Waals surface area contributed by atoms with Crippen LogP contribution in [0.2, 0.25) is 5.15 Å². The average molecular weight is 266 g/mol. The molecule has 4 nitrogen and oxygen atoms in total. The maximum atomic E-state index is 12.3. The van der Waals surface area contributed by atoms with Crippen molar-refractivity contribution in [2.75, 3.05) is 0 Å². The van der Waals surface area contributed by atoms with Crippen molar-refractivity contribution in [3.63, 3.8) is 0 Å². The number of alkyl halides is 3. The van der Waals surface area contributed by atoms with Crippen LogP contribution in [-0.4, -0.2) is 5.27 Å². The first-order chi connectivity index (χ1) is 7.89. The largest absolute Gasteiger partial charge is 0.447 e. The van der Waals surface area contributed by atoms with E-state index in [4.69, 9.17) is 11.6 Å². The predicted octanol–water partition coefficient (Wildman–Crippen LogP) is 1.92. The van der Waals surface area contributed by atoms with Crippen LogP contribution in [0.15, 0.2) is 33.6 Å². The lowest BCUT2D eigenvalue weighted by Crippen LogP contribution is -2.34. The van der Waals surface area contributed by atoms with Gasteiger partial charge in [0, 0.05) is 23.7 Å². The number of rotatable bonds is 1. The summed E-state index contributed by atoms with van der Waals surface area (Å²) < 4.78 is 42.3. The van der Waals surface area contributed by atoms with Gasteiger partial charge in [-0.15, -0.1) is 0 Å². The van der Waals surface area contributed by atoms with Crippen molar-refractivity contribution in [2.24, 2.45) is 0 Å². The highest BCUT2D eigenvalue weighted by molar-refractivity contribution is 6.28. The average Bonchev–Trinajstić information content (AvgIpc) is 2.59. The topological polar surface area (TPSA) is 49.9 Å². The summed E-state index contributed by atoms with van der Waals surface area (Å²) in [7, 11) is 0. The zero-order chi connectivity index (χ0) is 12.6. The fraction of sp³-hybridized carbons (Fsp3) is 0.111. The van der Waals surface area contributed by atoms with Gasteiger partial charge < -0.3 is 0 Å². The van der Waals surface area contributed by atoms with Gasteiger partial charge in [-0.05, 0) is 22.1 Å². The molecule has 1 aromatic heterocycles. The lowest BCUT2D eigenvalue weighted by atomic mass is 10.2. The fourth-order valence-corrected chi connectivity index (χ4v) is 1.40. The van der Waals surface area contributed by atoms with Crippen molar-refractivity contribution in [3.05, 3.63) is 45.4 Å². The molecule has 1 N–H and O–H groups in total. The van der Waals surface area contributed by atoms with Crippen LogP contribution in [0.5, 0.6) is 0 Å². The second-order valence-electron chi connectivity index (χ2n) is 3.15. The molecule has 2 aromatic rings. The highest BCUT2D eigenvalue weighted by Crippen LogP contribution is 2.29. The number of halogens is 4. The Labute approximate surface area is 97.2 Å². The third-order valence-corrected chi connectivity index (χ3v) is 2.37. The van der Waals surface area contributed by atoms with Crippen LogP contribution in [0, 0.1) is 0 Å². The molecule has 0 aliphatic rings. The molecule has 1 heterocycles. The molecule has 0 aliphatic carbocycles. The van der Waals surface area contributed by atoms with Crippen LogP contribution < -0.4 is 10.3 Å². The van der Waals surface area contributed by atoms with Crippen LogP contribution in [0.1, 0.15) is 5.56 Å². The van der Waals surface area contributed by atoms with Crippen LogP contribution >= 0.6 is 11.6 Å². The van der Waals surface area contributed by atoms with Gasteiger partial charge in [0.1, 0.15) is 0 Å². The number of nitrogens with zero attached hydrogens (tertiary/aromatic N) is 1. The number of benzene rings is 1. The molecule has 0 atom stereocenters. The molecule has 0 saturated carbocycles. The summed E-state index contributed by atoms with van der Waals surface area (Å²) in [5, 5.41) is 1.89. The second-order valence-corrected chi connectivity index (χ2v) is 3.51. The van der Waals surface area contributed by atoms with Gasteiger partial charge in [-0.25, -0.2) is 4.79 Å². The summed E-state index contributed by atoms with van der Waals surface area (Å²) in [5.74, 6) is 0. The molecule has 0 saturated heterocycles. The molecule has 90 valence electrons. The maximum absolute atomic E-state index is 12.3. The predicted molar refractivity (Wildman–Crippen MR) is 50.9 cm³/mol. The van der Waals surface area contributed by atoms with Gasteiger partial charge in [0.05, 0.1) is 5.56 Å². The molecule has 8 heteroatoms. The molecule has 0 amide bonds. The molecule has 0 radical (unpaired) electrons. The smallest absolute Gasteiger partial charge is 0.281 e. The molecule has 0 fully saturated rings. The normalized spacial score (nSPS) is 11.8. The standard InChI is InChI=1S/C9H4ClF3N2O2/c10-7-8(16)17-14-15(7)6-3-1-5(2-4-6)9(11,12)13/h1-4H/p+1. The number of hydrogen-bond acceptors (Lipinski definition) is 2. The van der Waals surface area contributed by atoms with Gasteiger partial charge in [-0.1, -0.05) is 0 Å². The zero-order valence-corrected chi connectivity index (χ0v) is 8.84. The summed E-state index contributed by atoms with van der Waals surface area (Å²) in [6, 6.07) is 4.09. The first-order valence-electron chi connectivity index (χ1n) is 4.36. The minimum Gasteiger partial charge on any atom is -0.281 e. The number of H-pyrrole nitrogens is 1. The molecule has 0 spiro atoms. The van der Waals surface area contributed by atoms with Crippen molar-refractivity contribution < 1.29 is 22.4 Å². The van der Waals surface area contributed by atoms with Gasteiger partial charge in [-0.3, -0.25) is 4.52 Å². The quantitative estimate of drug-likeness (QED) is 0.801. The number of hydrogen-bond donors (Lipinski definition) is 1. The Bertz CT molecular complexity index is 586. The van der Waals surface area contributed by atoms with E-state index in [1.807, 2.05) is 0 Å². The Morgan fingerprint density at radius 1 is 1.24 bits per heavy atom. The van der Waals surface area contributed by atoms with E-state index < -0.39 is 17.4 Å². The van der Waals surface area contributed by atoms with E-state index in [0.717, 1.165) is 16.8 Å². The number of aromatic amines is 1. The SMILES string of the molecule is O=c1o[nH][n+](-c2ccc(C(F)(F)F)cc2)c1Cl. The summed E-state index contributed by atoms with van der Waals surface area (Å²) in [4.78, 5) is 10.9. The highest BCUT2D eigenvalue weighted by Gasteiger charge is 2.31.